The minimum Gasteiger partial charge on any atom is -0.494 e. The monoisotopic (exact) mass is 358 g/mol. The van der Waals surface area contributed by atoms with Crippen LogP contribution < -0.4 is 9.64 Å². The van der Waals surface area contributed by atoms with Gasteiger partial charge in [-0.25, -0.2) is 0 Å². The number of likely N-dealkylation sites (tertiary alicyclic amines) is 1. The van der Waals surface area contributed by atoms with Crippen LogP contribution in [0.4, 0.5) is 5.69 Å². The molecule has 0 aromatic heterocycles. The summed E-state index contributed by atoms with van der Waals surface area (Å²) in [6.45, 7) is 10.9. The van der Waals surface area contributed by atoms with Crippen molar-refractivity contribution in [2.75, 3.05) is 57.4 Å². The molecule has 4 rings (SSSR count). The van der Waals surface area contributed by atoms with E-state index in [1.54, 1.807) is 0 Å². The van der Waals surface area contributed by atoms with E-state index in [1.165, 1.54) is 64.1 Å². The van der Waals surface area contributed by atoms with Gasteiger partial charge in [-0.05, 0) is 81.3 Å². The van der Waals surface area contributed by atoms with E-state index in [0.717, 1.165) is 43.3 Å². The highest BCUT2D eigenvalue weighted by Crippen LogP contribution is 2.52. The zero-order valence-electron chi connectivity index (χ0n) is 16.2. The van der Waals surface area contributed by atoms with Crippen LogP contribution in [0.25, 0.3) is 0 Å². The van der Waals surface area contributed by atoms with E-state index in [0.29, 0.717) is 0 Å². The summed E-state index contributed by atoms with van der Waals surface area (Å²) in [6, 6.07) is 8.57. The van der Waals surface area contributed by atoms with Crippen LogP contribution >= 0.6 is 0 Å². The number of piperidine rings is 2. The van der Waals surface area contributed by atoms with E-state index in [4.69, 9.17) is 9.47 Å². The Labute approximate surface area is 158 Å². The minimum atomic E-state index is 0.729. The van der Waals surface area contributed by atoms with Crippen LogP contribution in [0.1, 0.15) is 32.6 Å². The van der Waals surface area contributed by atoms with Crippen molar-refractivity contribution in [2.45, 2.75) is 32.6 Å². The van der Waals surface area contributed by atoms with E-state index in [9.17, 15) is 0 Å². The summed E-state index contributed by atoms with van der Waals surface area (Å²) in [5, 5.41) is 0. The zero-order chi connectivity index (χ0) is 17.8. The second kappa shape index (κ2) is 8.62. The van der Waals surface area contributed by atoms with Gasteiger partial charge in [0.05, 0.1) is 13.2 Å². The van der Waals surface area contributed by atoms with Gasteiger partial charge in [0.25, 0.3) is 0 Å². The van der Waals surface area contributed by atoms with Gasteiger partial charge in [0.15, 0.2) is 0 Å². The normalized spacial score (nSPS) is 28.2. The molecule has 3 fully saturated rings. The van der Waals surface area contributed by atoms with Crippen LogP contribution in [0.15, 0.2) is 24.3 Å². The average molecular weight is 359 g/mol. The number of fused-ring (bicyclic) bond motifs is 1. The Morgan fingerprint density at radius 2 is 1.73 bits per heavy atom. The maximum atomic E-state index is 6.01. The molecule has 2 saturated heterocycles. The van der Waals surface area contributed by atoms with E-state index >= 15 is 0 Å². The molecular weight excluding hydrogens is 324 g/mol. The van der Waals surface area contributed by atoms with Gasteiger partial charge < -0.3 is 19.3 Å². The first-order chi connectivity index (χ1) is 12.8. The van der Waals surface area contributed by atoms with E-state index in [2.05, 4.69) is 34.1 Å². The Kier molecular flexibility index (Phi) is 6.01. The Morgan fingerprint density at radius 1 is 1.00 bits per heavy atom. The molecule has 0 bridgehead atoms. The van der Waals surface area contributed by atoms with E-state index in [1.807, 2.05) is 6.92 Å². The Bertz CT molecular complexity index is 544. The Morgan fingerprint density at radius 3 is 2.42 bits per heavy atom. The Hall–Kier alpha value is -1.26. The molecule has 0 amide bonds. The fraction of sp³-hybridized carbons (Fsp3) is 0.727. The number of ether oxygens (including phenoxy) is 2. The van der Waals surface area contributed by atoms with Crippen LogP contribution in [-0.4, -0.2) is 57.4 Å². The van der Waals surface area contributed by atoms with Crippen LogP contribution in [0.5, 0.6) is 5.75 Å². The van der Waals surface area contributed by atoms with Gasteiger partial charge in [-0.15, -0.1) is 0 Å². The largest absolute Gasteiger partial charge is 0.494 e. The second-order valence-electron chi connectivity index (χ2n) is 8.15. The molecule has 0 N–H and O–H groups in total. The van der Waals surface area contributed by atoms with Gasteiger partial charge >= 0.3 is 0 Å². The summed E-state index contributed by atoms with van der Waals surface area (Å²) in [6.07, 6.45) is 5.39. The predicted molar refractivity (Wildman–Crippen MR) is 106 cm³/mol. The van der Waals surface area contributed by atoms with Crippen molar-refractivity contribution < 1.29 is 9.47 Å². The lowest BCUT2D eigenvalue weighted by Gasteiger charge is -2.26. The second-order valence-corrected chi connectivity index (χ2v) is 8.15. The van der Waals surface area contributed by atoms with Crippen molar-refractivity contribution in [2.24, 2.45) is 17.8 Å². The molecule has 4 heteroatoms. The maximum absolute atomic E-state index is 6.01. The Balaban J connectivity index is 1.10. The molecule has 0 radical (unpaired) electrons. The molecule has 2 heterocycles. The van der Waals surface area contributed by atoms with E-state index in [-0.39, 0.29) is 0 Å². The highest BCUT2D eigenvalue weighted by Gasteiger charge is 2.55. The number of benzene rings is 1. The molecule has 0 spiro atoms. The highest BCUT2D eigenvalue weighted by molar-refractivity contribution is 5.51. The first kappa shape index (κ1) is 18.1. The fourth-order valence-corrected chi connectivity index (χ4v) is 4.82. The predicted octanol–water partition coefficient (Wildman–Crippen LogP) is 3.66. The van der Waals surface area contributed by atoms with Gasteiger partial charge in [0, 0.05) is 31.9 Å². The number of rotatable bonds is 9. The molecule has 1 saturated carbocycles. The first-order valence-corrected chi connectivity index (χ1v) is 10.6. The number of nitrogens with zero attached hydrogens (tertiary/aromatic N) is 2. The average Bonchev–Trinajstić information content (AvgIpc) is 3.12. The molecule has 1 aliphatic carbocycles. The molecule has 2 aliphatic heterocycles. The molecule has 26 heavy (non-hydrogen) atoms. The molecule has 4 nitrogen and oxygen atoms in total. The van der Waals surface area contributed by atoms with Gasteiger partial charge in [-0.1, -0.05) is 6.42 Å². The van der Waals surface area contributed by atoms with Gasteiger partial charge in [0.1, 0.15) is 5.75 Å². The summed E-state index contributed by atoms with van der Waals surface area (Å²) in [7, 11) is 0. The van der Waals surface area contributed by atoms with Crippen molar-refractivity contribution >= 4 is 5.69 Å². The SMILES string of the molecule is CCOc1ccc(N2CC3C(COCCCN4CCCCC4)C3C2)cc1. The van der Waals surface area contributed by atoms with Crippen molar-refractivity contribution in [1.29, 1.82) is 0 Å². The third kappa shape index (κ3) is 4.34. The molecule has 2 unspecified atom stereocenters. The minimum absolute atomic E-state index is 0.729. The quantitative estimate of drug-likeness (QED) is 0.629. The van der Waals surface area contributed by atoms with Gasteiger partial charge in [-0.3, -0.25) is 0 Å². The first-order valence-electron chi connectivity index (χ1n) is 10.6. The van der Waals surface area contributed by atoms with Crippen molar-refractivity contribution in [1.82, 2.24) is 4.90 Å². The lowest BCUT2D eigenvalue weighted by molar-refractivity contribution is 0.103. The molecule has 2 atom stereocenters. The molecular formula is C22H34N2O2. The standard InChI is InChI=1S/C22H34N2O2/c1-2-26-19-9-7-18(8-10-19)24-15-20-21(16-24)22(20)17-25-14-6-13-23-11-4-3-5-12-23/h7-10,20-22H,2-6,11-17H2,1H3. The lowest BCUT2D eigenvalue weighted by Crippen LogP contribution is -2.31. The summed E-state index contributed by atoms with van der Waals surface area (Å²) in [4.78, 5) is 5.13. The summed E-state index contributed by atoms with van der Waals surface area (Å²) in [5.41, 5.74) is 1.34. The molecule has 144 valence electrons. The number of anilines is 1. The van der Waals surface area contributed by atoms with Crippen molar-refractivity contribution in [3.8, 4) is 5.75 Å². The number of hydrogen-bond acceptors (Lipinski definition) is 4. The third-order valence-electron chi connectivity index (χ3n) is 6.41. The molecule has 3 aliphatic rings. The fourth-order valence-electron chi connectivity index (χ4n) is 4.82. The smallest absolute Gasteiger partial charge is 0.119 e. The van der Waals surface area contributed by atoms with Crippen LogP contribution in [0, 0.1) is 17.8 Å². The molecule has 1 aromatic rings. The van der Waals surface area contributed by atoms with Gasteiger partial charge in [-0.2, -0.15) is 0 Å². The number of hydrogen-bond donors (Lipinski definition) is 0. The zero-order valence-corrected chi connectivity index (χ0v) is 16.2. The van der Waals surface area contributed by atoms with Crippen LogP contribution in [0.2, 0.25) is 0 Å². The van der Waals surface area contributed by atoms with Gasteiger partial charge in [0.2, 0.25) is 0 Å². The van der Waals surface area contributed by atoms with Crippen LogP contribution in [0.3, 0.4) is 0 Å². The van der Waals surface area contributed by atoms with Crippen LogP contribution in [-0.2, 0) is 4.74 Å². The summed E-state index contributed by atoms with van der Waals surface area (Å²) in [5.74, 6) is 3.48. The maximum Gasteiger partial charge on any atom is 0.119 e. The third-order valence-corrected chi connectivity index (χ3v) is 6.41. The summed E-state index contributed by atoms with van der Waals surface area (Å²) < 4.78 is 11.5. The lowest BCUT2D eigenvalue weighted by atomic mass is 10.1. The van der Waals surface area contributed by atoms with Crippen molar-refractivity contribution in [3.63, 3.8) is 0 Å². The van der Waals surface area contributed by atoms with Crippen molar-refractivity contribution in [3.05, 3.63) is 24.3 Å². The highest BCUT2D eigenvalue weighted by atomic mass is 16.5. The molecule has 1 aromatic carbocycles. The topological polar surface area (TPSA) is 24.9 Å². The summed E-state index contributed by atoms with van der Waals surface area (Å²) >= 11 is 0. The van der Waals surface area contributed by atoms with E-state index < -0.39 is 0 Å².